The summed E-state index contributed by atoms with van der Waals surface area (Å²) in [6, 6.07) is 10.8. The number of fused-ring (bicyclic) bond motifs is 1. The minimum atomic E-state index is -1.21. The van der Waals surface area contributed by atoms with Crippen LogP contribution in [0.3, 0.4) is 0 Å². The second-order valence-electron chi connectivity index (χ2n) is 4.94. The zero-order valence-electron chi connectivity index (χ0n) is 11.0. The van der Waals surface area contributed by atoms with Gasteiger partial charge in [-0.05, 0) is 35.7 Å². The van der Waals surface area contributed by atoms with Crippen LogP contribution in [0.2, 0.25) is 0 Å². The normalized spacial score (nSPS) is 15.8. The number of benzene rings is 2. The van der Waals surface area contributed by atoms with Crippen molar-refractivity contribution in [3.05, 3.63) is 65.0 Å². The van der Waals surface area contributed by atoms with E-state index in [0.29, 0.717) is 6.42 Å². The predicted octanol–water partition coefficient (Wildman–Crippen LogP) is 2.80. The summed E-state index contributed by atoms with van der Waals surface area (Å²) >= 11 is 0. The summed E-state index contributed by atoms with van der Waals surface area (Å²) in [6.45, 7) is 0. The third-order valence-electron chi connectivity index (χ3n) is 3.64. The Kier molecular flexibility index (Phi) is 3.17. The van der Waals surface area contributed by atoms with Crippen LogP contribution in [0.4, 0.5) is 10.1 Å². The number of carbonyl (C=O) groups is 2. The third-order valence-corrected chi connectivity index (χ3v) is 3.64. The topological polar surface area (TPSA) is 66.4 Å². The maximum absolute atomic E-state index is 13.3. The van der Waals surface area contributed by atoms with Crippen molar-refractivity contribution in [2.45, 2.75) is 12.3 Å². The van der Waals surface area contributed by atoms with Gasteiger partial charge in [0.15, 0.2) is 0 Å². The van der Waals surface area contributed by atoms with Gasteiger partial charge in [0, 0.05) is 0 Å². The number of anilines is 1. The molecule has 1 unspecified atom stereocenters. The number of nitrogens with one attached hydrogen (secondary N) is 1. The van der Waals surface area contributed by atoms with Gasteiger partial charge in [-0.25, -0.2) is 9.18 Å². The number of carboxylic acid groups (broad SMARTS) is 1. The SMILES string of the molecule is O=C(O)c1ccc(F)cc1NC(=O)C1Cc2ccccc21. The summed E-state index contributed by atoms with van der Waals surface area (Å²) in [5.74, 6) is -2.43. The number of rotatable bonds is 3. The first-order valence-corrected chi connectivity index (χ1v) is 6.48. The maximum atomic E-state index is 13.3. The second-order valence-corrected chi connectivity index (χ2v) is 4.94. The molecule has 0 fully saturated rings. The highest BCUT2D eigenvalue weighted by molar-refractivity contribution is 6.03. The molecule has 0 bridgehead atoms. The zero-order valence-corrected chi connectivity index (χ0v) is 11.0. The number of halogens is 1. The Morgan fingerprint density at radius 2 is 1.95 bits per heavy atom. The number of hydrogen-bond acceptors (Lipinski definition) is 2. The quantitative estimate of drug-likeness (QED) is 0.911. The summed E-state index contributed by atoms with van der Waals surface area (Å²) in [4.78, 5) is 23.3. The van der Waals surface area contributed by atoms with Crippen molar-refractivity contribution in [1.82, 2.24) is 0 Å². The van der Waals surface area contributed by atoms with Crippen LogP contribution in [-0.2, 0) is 11.2 Å². The van der Waals surface area contributed by atoms with Gasteiger partial charge >= 0.3 is 5.97 Å². The molecule has 0 spiro atoms. The van der Waals surface area contributed by atoms with Crippen LogP contribution >= 0.6 is 0 Å². The van der Waals surface area contributed by atoms with Gasteiger partial charge in [-0.15, -0.1) is 0 Å². The van der Waals surface area contributed by atoms with Gasteiger partial charge in [-0.2, -0.15) is 0 Å². The van der Waals surface area contributed by atoms with E-state index in [4.69, 9.17) is 5.11 Å². The van der Waals surface area contributed by atoms with Gasteiger partial charge in [0.25, 0.3) is 0 Å². The fourth-order valence-electron chi connectivity index (χ4n) is 2.52. The molecule has 21 heavy (non-hydrogen) atoms. The fourth-order valence-corrected chi connectivity index (χ4v) is 2.52. The first-order chi connectivity index (χ1) is 10.1. The summed E-state index contributed by atoms with van der Waals surface area (Å²) in [7, 11) is 0. The number of amides is 1. The molecule has 0 aliphatic heterocycles. The van der Waals surface area contributed by atoms with Crippen molar-refractivity contribution < 1.29 is 19.1 Å². The standard InChI is InChI=1S/C16H12FNO3/c17-10-5-6-12(16(20)21)14(8-10)18-15(19)13-7-9-3-1-2-4-11(9)13/h1-6,8,13H,7H2,(H,18,19)(H,20,21). The fraction of sp³-hybridized carbons (Fsp3) is 0.125. The Bertz CT molecular complexity index is 742. The van der Waals surface area contributed by atoms with E-state index in [2.05, 4.69) is 5.32 Å². The Morgan fingerprint density at radius 1 is 1.19 bits per heavy atom. The van der Waals surface area contributed by atoms with E-state index < -0.39 is 11.8 Å². The summed E-state index contributed by atoms with van der Waals surface area (Å²) in [5.41, 5.74) is 1.90. The molecule has 2 N–H and O–H groups in total. The van der Waals surface area contributed by atoms with E-state index in [1.165, 1.54) is 0 Å². The Morgan fingerprint density at radius 3 is 2.67 bits per heavy atom. The monoisotopic (exact) mass is 285 g/mol. The maximum Gasteiger partial charge on any atom is 0.337 e. The van der Waals surface area contributed by atoms with Gasteiger partial charge in [0.05, 0.1) is 17.2 Å². The predicted molar refractivity (Wildman–Crippen MR) is 74.9 cm³/mol. The molecule has 2 aromatic carbocycles. The van der Waals surface area contributed by atoms with E-state index in [0.717, 1.165) is 29.3 Å². The van der Waals surface area contributed by atoms with Crippen LogP contribution in [-0.4, -0.2) is 17.0 Å². The highest BCUT2D eigenvalue weighted by atomic mass is 19.1. The van der Waals surface area contributed by atoms with E-state index in [-0.39, 0.29) is 23.1 Å². The van der Waals surface area contributed by atoms with Gasteiger partial charge in [0.1, 0.15) is 5.82 Å². The molecule has 4 nitrogen and oxygen atoms in total. The number of aromatic carboxylic acids is 1. The highest BCUT2D eigenvalue weighted by Crippen LogP contribution is 2.35. The van der Waals surface area contributed by atoms with Crippen LogP contribution in [0.5, 0.6) is 0 Å². The van der Waals surface area contributed by atoms with E-state index in [1.807, 2.05) is 24.3 Å². The van der Waals surface area contributed by atoms with Crippen LogP contribution in [0.25, 0.3) is 0 Å². The molecule has 0 saturated heterocycles. The minimum Gasteiger partial charge on any atom is -0.478 e. The lowest BCUT2D eigenvalue weighted by molar-refractivity contribution is -0.118. The van der Waals surface area contributed by atoms with E-state index in [9.17, 15) is 14.0 Å². The molecule has 3 rings (SSSR count). The van der Waals surface area contributed by atoms with Crippen molar-refractivity contribution >= 4 is 17.6 Å². The van der Waals surface area contributed by atoms with Gasteiger partial charge in [-0.3, -0.25) is 4.79 Å². The van der Waals surface area contributed by atoms with Crippen molar-refractivity contribution in [2.24, 2.45) is 0 Å². The number of hydrogen-bond donors (Lipinski definition) is 2. The summed E-state index contributed by atoms with van der Waals surface area (Å²) in [5, 5.41) is 11.6. The lowest BCUT2D eigenvalue weighted by Gasteiger charge is -2.29. The van der Waals surface area contributed by atoms with Crippen molar-refractivity contribution in [3.8, 4) is 0 Å². The van der Waals surface area contributed by atoms with Crippen LogP contribution in [0.1, 0.15) is 27.4 Å². The molecule has 0 saturated carbocycles. The van der Waals surface area contributed by atoms with Crippen LogP contribution < -0.4 is 5.32 Å². The van der Waals surface area contributed by atoms with Crippen LogP contribution in [0, 0.1) is 5.82 Å². The highest BCUT2D eigenvalue weighted by Gasteiger charge is 2.32. The number of carboxylic acids is 1. The molecule has 106 valence electrons. The molecule has 2 aromatic rings. The van der Waals surface area contributed by atoms with Gasteiger partial charge in [-0.1, -0.05) is 24.3 Å². The molecule has 0 heterocycles. The van der Waals surface area contributed by atoms with Crippen molar-refractivity contribution in [3.63, 3.8) is 0 Å². The smallest absolute Gasteiger partial charge is 0.337 e. The zero-order chi connectivity index (χ0) is 15.0. The molecular weight excluding hydrogens is 273 g/mol. The minimum absolute atomic E-state index is 0.0168. The van der Waals surface area contributed by atoms with E-state index >= 15 is 0 Å². The lowest BCUT2D eigenvalue weighted by atomic mass is 9.77. The first kappa shape index (κ1) is 13.3. The molecular formula is C16H12FNO3. The van der Waals surface area contributed by atoms with Crippen molar-refractivity contribution in [2.75, 3.05) is 5.32 Å². The van der Waals surface area contributed by atoms with Crippen LogP contribution in [0.15, 0.2) is 42.5 Å². The molecule has 1 atom stereocenters. The lowest BCUT2D eigenvalue weighted by Crippen LogP contribution is -2.30. The largest absolute Gasteiger partial charge is 0.478 e. The van der Waals surface area contributed by atoms with Gasteiger partial charge < -0.3 is 10.4 Å². The average molecular weight is 285 g/mol. The Balaban J connectivity index is 1.84. The molecule has 0 aromatic heterocycles. The van der Waals surface area contributed by atoms with E-state index in [1.54, 1.807) is 0 Å². The van der Waals surface area contributed by atoms with Gasteiger partial charge in [0.2, 0.25) is 5.91 Å². The third kappa shape index (κ3) is 2.38. The summed E-state index contributed by atoms with van der Waals surface area (Å²) in [6.07, 6.45) is 0.611. The second kappa shape index (κ2) is 5.01. The molecule has 5 heteroatoms. The molecule has 0 radical (unpaired) electrons. The first-order valence-electron chi connectivity index (χ1n) is 6.48. The van der Waals surface area contributed by atoms with Crippen molar-refractivity contribution in [1.29, 1.82) is 0 Å². The molecule has 1 amide bonds. The Labute approximate surface area is 120 Å². The Hall–Kier alpha value is -2.69. The number of carbonyl (C=O) groups excluding carboxylic acids is 1. The summed E-state index contributed by atoms with van der Waals surface area (Å²) < 4.78 is 13.3. The molecule has 1 aliphatic carbocycles. The average Bonchev–Trinajstić information content (AvgIpc) is 2.40. The molecule has 1 aliphatic rings.